The van der Waals surface area contributed by atoms with Crippen molar-refractivity contribution in [2.45, 2.75) is 23.0 Å². The van der Waals surface area contributed by atoms with Crippen molar-refractivity contribution in [1.82, 2.24) is 9.97 Å². The average Bonchev–Trinajstić information content (AvgIpc) is 2.73. The molecular weight excluding hydrogens is 225 g/mol. The van der Waals surface area contributed by atoms with Gasteiger partial charge in [0.05, 0.1) is 4.90 Å². The van der Waals surface area contributed by atoms with Crippen LogP contribution in [0.1, 0.15) is 18.5 Å². The standard InChI is InChI=1S/C11H12FN3S/c1-7(13)8-2-3-10(9(12)6-8)16-11-14-4-5-15-11/h2-7H,13H2,1H3,(H,14,15). The lowest BCUT2D eigenvalue weighted by atomic mass is 10.1. The SMILES string of the molecule is CC(N)c1ccc(Sc2ncc[nH]2)c(F)c1. The highest BCUT2D eigenvalue weighted by molar-refractivity contribution is 7.99. The molecule has 3 N–H and O–H groups in total. The Morgan fingerprint density at radius 1 is 1.50 bits per heavy atom. The molecule has 0 spiro atoms. The third-order valence-corrected chi connectivity index (χ3v) is 3.13. The van der Waals surface area contributed by atoms with Crippen molar-refractivity contribution in [2.24, 2.45) is 5.73 Å². The van der Waals surface area contributed by atoms with E-state index < -0.39 is 0 Å². The zero-order chi connectivity index (χ0) is 11.5. The second-order valence-electron chi connectivity index (χ2n) is 3.47. The normalized spacial score (nSPS) is 12.7. The highest BCUT2D eigenvalue weighted by atomic mass is 32.2. The summed E-state index contributed by atoms with van der Waals surface area (Å²) < 4.78 is 13.7. The van der Waals surface area contributed by atoms with Crippen LogP contribution >= 0.6 is 11.8 Å². The van der Waals surface area contributed by atoms with Gasteiger partial charge in [0.2, 0.25) is 0 Å². The molecule has 0 saturated carbocycles. The first kappa shape index (κ1) is 11.2. The summed E-state index contributed by atoms with van der Waals surface area (Å²) in [7, 11) is 0. The molecule has 0 amide bonds. The zero-order valence-corrected chi connectivity index (χ0v) is 9.59. The molecule has 1 unspecified atom stereocenters. The summed E-state index contributed by atoms with van der Waals surface area (Å²) in [5.74, 6) is -0.267. The van der Waals surface area contributed by atoms with Crippen molar-refractivity contribution in [2.75, 3.05) is 0 Å². The topological polar surface area (TPSA) is 54.7 Å². The van der Waals surface area contributed by atoms with E-state index in [-0.39, 0.29) is 11.9 Å². The number of imidazole rings is 1. The first-order valence-electron chi connectivity index (χ1n) is 4.89. The highest BCUT2D eigenvalue weighted by Gasteiger charge is 2.08. The van der Waals surface area contributed by atoms with Crippen LogP contribution in [-0.2, 0) is 0 Å². The molecule has 0 fully saturated rings. The Kier molecular flexibility index (Phi) is 3.26. The molecule has 16 heavy (non-hydrogen) atoms. The molecule has 1 heterocycles. The van der Waals surface area contributed by atoms with Gasteiger partial charge in [0.25, 0.3) is 0 Å². The molecular formula is C11H12FN3S. The molecule has 1 aromatic heterocycles. The smallest absolute Gasteiger partial charge is 0.170 e. The molecule has 0 bridgehead atoms. The maximum absolute atomic E-state index is 13.7. The first-order valence-corrected chi connectivity index (χ1v) is 5.70. The van der Waals surface area contributed by atoms with E-state index in [0.29, 0.717) is 10.1 Å². The molecule has 1 atom stereocenters. The minimum Gasteiger partial charge on any atom is -0.339 e. The van der Waals surface area contributed by atoms with Gasteiger partial charge in [0.15, 0.2) is 5.16 Å². The van der Waals surface area contributed by atoms with Crippen LogP contribution in [0.4, 0.5) is 4.39 Å². The Bertz CT molecular complexity index is 468. The van der Waals surface area contributed by atoms with Gasteiger partial charge in [-0.25, -0.2) is 9.37 Å². The Labute approximate surface area is 97.3 Å². The van der Waals surface area contributed by atoms with Gasteiger partial charge in [0.1, 0.15) is 5.82 Å². The number of rotatable bonds is 3. The molecule has 2 aromatic rings. The summed E-state index contributed by atoms with van der Waals surface area (Å²) >= 11 is 1.26. The second kappa shape index (κ2) is 4.67. The van der Waals surface area contributed by atoms with Crippen LogP contribution < -0.4 is 5.73 Å². The van der Waals surface area contributed by atoms with Crippen molar-refractivity contribution in [3.05, 3.63) is 42.0 Å². The number of aromatic amines is 1. The fourth-order valence-corrected chi connectivity index (χ4v) is 2.04. The molecule has 0 aliphatic rings. The van der Waals surface area contributed by atoms with Gasteiger partial charge in [-0.15, -0.1) is 0 Å². The number of hydrogen-bond donors (Lipinski definition) is 2. The number of hydrogen-bond acceptors (Lipinski definition) is 3. The average molecular weight is 237 g/mol. The van der Waals surface area contributed by atoms with E-state index in [1.165, 1.54) is 17.8 Å². The van der Waals surface area contributed by atoms with Crippen molar-refractivity contribution in [3.63, 3.8) is 0 Å². The zero-order valence-electron chi connectivity index (χ0n) is 8.77. The van der Waals surface area contributed by atoms with Crippen LogP contribution in [0.3, 0.4) is 0 Å². The monoisotopic (exact) mass is 237 g/mol. The molecule has 2 rings (SSSR count). The van der Waals surface area contributed by atoms with E-state index in [0.717, 1.165) is 5.56 Å². The minimum absolute atomic E-state index is 0.155. The summed E-state index contributed by atoms with van der Waals surface area (Å²) in [4.78, 5) is 7.48. The van der Waals surface area contributed by atoms with E-state index in [9.17, 15) is 4.39 Å². The van der Waals surface area contributed by atoms with Crippen LogP contribution in [0.2, 0.25) is 0 Å². The van der Waals surface area contributed by atoms with E-state index in [1.54, 1.807) is 18.5 Å². The Morgan fingerprint density at radius 3 is 2.88 bits per heavy atom. The molecule has 84 valence electrons. The Morgan fingerprint density at radius 2 is 2.31 bits per heavy atom. The molecule has 1 aromatic carbocycles. The summed E-state index contributed by atoms with van der Waals surface area (Å²) in [5, 5.41) is 0.674. The van der Waals surface area contributed by atoms with Gasteiger partial charge in [0, 0.05) is 18.4 Å². The van der Waals surface area contributed by atoms with E-state index in [1.807, 2.05) is 13.0 Å². The van der Waals surface area contributed by atoms with Crippen molar-refractivity contribution >= 4 is 11.8 Å². The van der Waals surface area contributed by atoms with Crippen molar-refractivity contribution in [1.29, 1.82) is 0 Å². The summed E-state index contributed by atoms with van der Waals surface area (Å²) in [5.41, 5.74) is 6.47. The van der Waals surface area contributed by atoms with Crippen LogP contribution in [0.25, 0.3) is 0 Å². The highest BCUT2D eigenvalue weighted by Crippen LogP contribution is 2.28. The van der Waals surface area contributed by atoms with Gasteiger partial charge in [-0.1, -0.05) is 6.07 Å². The lowest BCUT2D eigenvalue weighted by molar-refractivity contribution is 0.596. The molecule has 5 heteroatoms. The largest absolute Gasteiger partial charge is 0.339 e. The summed E-state index contributed by atoms with van der Waals surface area (Å²) in [6.45, 7) is 1.83. The number of nitrogens with zero attached hydrogens (tertiary/aromatic N) is 1. The van der Waals surface area contributed by atoms with E-state index >= 15 is 0 Å². The third-order valence-electron chi connectivity index (χ3n) is 2.16. The van der Waals surface area contributed by atoms with Crippen LogP contribution in [-0.4, -0.2) is 9.97 Å². The number of halogens is 1. The molecule has 0 aliphatic carbocycles. The molecule has 0 saturated heterocycles. The summed E-state index contributed by atoms with van der Waals surface area (Å²) in [6, 6.07) is 4.87. The lowest BCUT2D eigenvalue weighted by Crippen LogP contribution is -2.05. The van der Waals surface area contributed by atoms with Crippen molar-refractivity contribution in [3.8, 4) is 0 Å². The van der Waals surface area contributed by atoms with E-state index in [2.05, 4.69) is 9.97 Å². The number of benzene rings is 1. The maximum Gasteiger partial charge on any atom is 0.170 e. The third kappa shape index (κ3) is 2.43. The van der Waals surface area contributed by atoms with Crippen LogP contribution in [0.15, 0.2) is 40.6 Å². The minimum atomic E-state index is -0.267. The second-order valence-corrected chi connectivity index (χ2v) is 4.51. The molecule has 0 aliphatic heterocycles. The van der Waals surface area contributed by atoms with Gasteiger partial charge in [-0.3, -0.25) is 0 Å². The fourth-order valence-electron chi connectivity index (χ4n) is 1.29. The van der Waals surface area contributed by atoms with E-state index in [4.69, 9.17) is 5.73 Å². The molecule has 0 radical (unpaired) electrons. The number of H-pyrrole nitrogens is 1. The maximum atomic E-state index is 13.7. The number of nitrogens with one attached hydrogen (secondary N) is 1. The Balaban J connectivity index is 2.23. The van der Waals surface area contributed by atoms with Gasteiger partial charge in [-0.05, 0) is 36.4 Å². The predicted molar refractivity (Wildman–Crippen MR) is 61.7 cm³/mol. The predicted octanol–water partition coefficient (Wildman–Crippen LogP) is 2.72. The van der Waals surface area contributed by atoms with Crippen molar-refractivity contribution < 1.29 is 4.39 Å². The first-order chi connectivity index (χ1) is 7.66. The van der Waals surface area contributed by atoms with Gasteiger partial charge in [-0.2, -0.15) is 0 Å². The van der Waals surface area contributed by atoms with Gasteiger partial charge >= 0.3 is 0 Å². The van der Waals surface area contributed by atoms with Crippen LogP contribution in [0, 0.1) is 5.82 Å². The number of aromatic nitrogens is 2. The fraction of sp³-hybridized carbons (Fsp3) is 0.182. The van der Waals surface area contributed by atoms with Gasteiger partial charge < -0.3 is 10.7 Å². The lowest BCUT2D eigenvalue weighted by Gasteiger charge is -2.07. The number of nitrogens with two attached hydrogens (primary N) is 1. The summed E-state index contributed by atoms with van der Waals surface area (Å²) in [6.07, 6.45) is 3.34. The Hall–Kier alpha value is -1.33. The quantitative estimate of drug-likeness (QED) is 0.863. The van der Waals surface area contributed by atoms with Crippen LogP contribution in [0.5, 0.6) is 0 Å². The molecule has 3 nitrogen and oxygen atoms in total.